The third-order valence-corrected chi connectivity index (χ3v) is 9.73. The van der Waals surface area contributed by atoms with Crippen LogP contribution in [0.2, 0.25) is 0 Å². The maximum Gasteiger partial charge on any atom is 0.407 e. The highest BCUT2D eigenvalue weighted by molar-refractivity contribution is 7.89. The van der Waals surface area contributed by atoms with E-state index in [9.17, 15) is 28.4 Å². The number of aliphatic hydroxyl groups is 1. The Morgan fingerprint density at radius 3 is 2.59 bits per heavy atom. The molecule has 238 valence electrons. The molecular weight excluding hydrogens is 592 g/mol. The van der Waals surface area contributed by atoms with Crippen molar-refractivity contribution >= 4 is 21.8 Å². The van der Waals surface area contributed by atoms with E-state index in [1.165, 1.54) is 0 Å². The molecule has 0 aliphatic carbocycles. The standard InChI is InChI=1S/C30H38N4O9S/c1-30(2,14-6-15-31)20-33(44(39,40)23-11-9-22(10-12-23)34(37)38)18-26(35)25(17-21-7-4-3-5-8-21)32-29(36)43-27-19-42-28-24(27)13-16-41-28/h3-5,7-12,24-28,35H,6,13-14,16-20H2,1-2H3,(H,32,36)/t24-,25-,26+,27-,28+/m0/s1. The van der Waals surface area contributed by atoms with Crippen LogP contribution in [0.1, 0.15) is 38.7 Å². The lowest BCUT2D eigenvalue weighted by atomic mass is 9.88. The SMILES string of the molecule is CC(C)(CCC#N)CN(C[C@@H](O)[C@H](Cc1ccccc1)NC(=O)O[C@H]1CO[C@H]2OCC[C@H]21)S(=O)(=O)c1ccc([N+](=O)[O-])cc1. The summed E-state index contributed by atoms with van der Waals surface area (Å²) in [6, 6.07) is 14.8. The highest BCUT2D eigenvalue weighted by atomic mass is 32.2. The van der Waals surface area contributed by atoms with Gasteiger partial charge >= 0.3 is 6.09 Å². The molecule has 2 aromatic rings. The molecule has 2 heterocycles. The van der Waals surface area contributed by atoms with Crippen LogP contribution in [0.25, 0.3) is 0 Å². The molecule has 4 rings (SSSR count). The van der Waals surface area contributed by atoms with E-state index in [0.29, 0.717) is 19.4 Å². The van der Waals surface area contributed by atoms with Gasteiger partial charge in [0.15, 0.2) is 6.29 Å². The Hall–Kier alpha value is -3.61. The molecule has 14 heteroatoms. The van der Waals surface area contributed by atoms with E-state index in [0.717, 1.165) is 34.1 Å². The second kappa shape index (κ2) is 14.4. The zero-order chi connectivity index (χ0) is 31.9. The van der Waals surface area contributed by atoms with E-state index >= 15 is 0 Å². The lowest BCUT2D eigenvalue weighted by Gasteiger charge is -2.34. The Morgan fingerprint density at radius 2 is 1.93 bits per heavy atom. The van der Waals surface area contributed by atoms with Gasteiger partial charge in [0.2, 0.25) is 10.0 Å². The van der Waals surface area contributed by atoms with Crippen LogP contribution in [0, 0.1) is 32.8 Å². The molecule has 0 unspecified atom stereocenters. The van der Waals surface area contributed by atoms with Crippen molar-refractivity contribution < 1.29 is 37.5 Å². The number of amides is 1. The topological polar surface area (TPSA) is 181 Å². The number of ether oxygens (including phenoxy) is 3. The van der Waals surface area contributed by atoms with Gasteiger partial charge in [-0.15, -0.1) is 0 Å². The van der Waals surface area contributed by atoms with Crippen molar-refractivity contribution in [3.05, 3.63) is 70.3 Å². The number of sulfonamides is 1. The van der Waals surface area contributed by atoms with E-state index in [4.69, 9.17) is 19.5 Å². The molecule has 2 aliphatic heterocycles. The summed E-state index contributed by atoms with van der Waals surface area (Å²) in [7, 11) is -4.27. The summed E-state index contributed by atoms with van der Waals surface area (Å²) in [6.07, 6.45) is -1.64. The van der Waals surface area contributed by atoms with Gasteiger partial charge in [-0.25, -0.2) is 13.2 Å². The van der Waals surface area contributed by atoms with Gasteiger partial charge in [0, 0.05) is 31.6 Å². The normalized spacial score (nSPS) is 21.3. The summed E-state index contributed by atoms with van der Waals surface area (Å²) < 4.78 is 45.6. The van der Waals surface area contributed by atoms with Crippen LogP contribution < -0.4 is 5.32 Å². The van der Waals surface area contributed by atoms with Crippen LogP contribution in [-0.2, 0) is 30.7 Å². The molecule has 5 atom stereocenters. The van der Waals surface area contributed by atoms with E-state index in [1.807, 2.05) is 44.2 Å². The fourth-order valence-electron chi connectivity index (χ4n) is 5.44. The zero-order valence-corrected chi connectivity index (χ0v) is 25.5. The first-order valence-corrected chi connectivity index (χ1v) is 15.9. The number of nitrogens with one attached hydrogen (secondary N) is 1. The van der Waals surface area contributed by atoms with Crippen molar-refractivity contribution in [2.45, 2.75) is 69.0 Å². The Kier molecular flexibility index (Phi) is 10.9. The number of benzene rings is 2. The number of nitrogens with zero attached hydrogens (tertiary/aromatic N) is 3. The van der Waals surface area contributed by atoms with Crippen molar-refractivity contribution in [1.82, 2.24) is 9.62 Å². The molecular formula is C30H38N4O9S. The number of alkyl carbamates (subject to hydrolysis) is 1. The molecule has 0 radical (unpaired) electrons. The van der Waals surface area contributed by atoms with Gasteiger partial charge in [0.1, 0.15) is 6.10 Å². The lowest BCUT2D eigenvalue weighted by molar-refractivity contribution is -0.384. The summed E-state index contributed by atoms with van der Waals surface area (Å²) in [4.78, 5) is 23.4. The van der Waals surface area contributed by atoms with Crippen molar-refractivity contribution in [3.8, 4) is 6.07 Å². The molecule has 0 saturated carbocycles. The van der Waals surface area contributed by atoms with E-state index in [1.54, 1.807) is 0 Å². The Morgan fingerprint density at radius 1 is 1.23 bits per heavy atom. The van der Waals surface area contributed by atoms with Gasteiger partial charge in [-0.05, 0) is 42.4 Å². The molecule has 13 nitrogen and oxygen atoms in total. The third-order valence-electron chi connectivity index (χ3n) is 7.90. The van der Waals surface area contributed by atoms with Gasteiger partial charge < -0.3 is 24.6 Å². The maximum absolute atomic E-state index is 13.9. The first kappa shape index (κ1) is 33.3. The lowest BCUT2D eigenvalue weighted by Crippen LogP contribution is -2.52. The first-order chi connectivity index (χ1) is 20.9. The van der Waals surface area contributed by atoms with E-state index in [2.05, 4.69) is 11.4 Å². The number of carbonyl (C=O) groups is 1. The van der Waals surface area contributed by atoms with Gasteiger partial charge in [-0.3, -0.25) is 10.1 Å². The van der Waals surface area contributed by atoms with Crippen molar-refractivity contribution in [3.63, 3.8) is 0 Å². The molecule has 0 bridgehead atoms. The number of nitro benzene ring substituents is 1. The number of nitriles is 1. The fourth-order valence-corrected chi connectivity index (χ4v) is 7.09. The highest BCUT2D eigenvalue weighted by Crippen LogP contribution is 2.33. The first-order valence-electron chi connectivity index (χ1n) is 14.4. The van der Waals surface area contributed by atoms with Crippen LogP contribution in [0.4, 0.5) is 10.5 Å². The van der Waals surface area contributed by atoms with Gasteiger partial charge in [0.25, 0.3) is 5.69 Å². The minimum atomic E-state index is -4.27. The molecule has 0 aromatic heterocycles. The summed E-state index contributed by atoms with van der Waals surface area (Å²) in [6.45, 7) is 3.86. The fraction of sp³-hybridized carbons (Fsp3) is 0.533. The zero-order valence-electron chi connectivity index (χ0n) is 24.7. The second-order valence-corrected chi connectivity index (χ2v) is 13.8. The second-order valence-electron chi connectivity index (χ2n) is 11.8. The smallest absolute Gasteiger partial charge is 0.407 e. The molecule has 2 N–H and O–H groups in total. The Balaban J connectivity index is 1.57. The van der Waals surface area contributed by atoms with Gasteiger partial charge in [-0.2, -0.15) is 9.57 Å². The summed E-state index contributed by atoms with van der Waals surface area (Å²) in [5, 5.41) is 34.5. The predicted molar refractivity (Wildman–Crippen MR) is 158 cm³/mol. The summed E-state index contributed by atoms with van der Waals surface area (Å²) >= 11 is 0. The van der Waals surface area contributed by atoms with Gasteiger partial charge in [0.05, 0.1) is 47.2 Å². The Labute approximate surface area is 256 Å². The van der Waals surface area contributed by atoms with Crippen molar-refractivity contribution in [2.24, 2.45) is 11.3 Å². The number of hydrogen-bond acceptors (Lipinski definition) is 10. The van der Waals surface area contributed by atoms with Crippen LogP contribution in [0.5, 0.6) is 0 Å². The average molecular weight is 631 g/mol. The number of rotatable bonds is 14. The minimum Gasteiger partial charge on any atom is -0.443 e. The van der Waals surface area contributed by atoms with E-state index in [-0.39, 0.29) is 42.5 Å². The number of nitro groups is 1. The van der Waals surface area contributed by atoms with Gasteiger partial charge in [-0.1, -0.05) is 44.2 Å². The molecule has 2 saturated heterocycles. The van der Waals surface area contributed by atoms with Crippen LogP contribution in [0.3, 0.4) is 0 Å². The number of carbonyl (C=O) groups excluding carboxylic acids is 1. The Bertz CT molecular complexity index is 1430. The predicted octanol–water partition coefficient (Wildman–Crippen LogP) is 3.38. The summed E-state index contributed by atoms with van der Waals surface area (Å²) in [5.74, 6) is -0.0868. The van der Waals surface area contributed by atoms with Crippen molar-refractivity contribution in [2.75, 3.05) is 26.3 Å². The summed E-state index contributed by atoms with van der Waals surface area (Å²) in [5.41, 5.74) is -0.129. The van der Waals surface area contributed by atoms with Crippen LogP contribution in [-0.4, -0.2) is 79.7 Å². The monoisotopic (exact) mass is 630 g/mol. The third kappa shape index (κ3) is 8.52. The molecule has 44 heavy (non-hydrogen) atoms. The number of aliphatic hydroxyl groups excluding tert-OH is 1. The number of hydrogen-bond donors (Lipinski definition) is 2. The van der Waals surface area contributed by atoms with Crippen LogP contribution >= 0.6 is 0 Å². The average Bonchev–Trinajstić information content (AvgIpc) is 3.61. The maximum atomic E-state index is 13.9. The molecule has 1 amide bonds. The van der Waals surface area contributed by atoms with Crippen molar-refractivity contribution in [1.29, 1.82) is 5.26 Å². The quantitative estimate of drug-likeness (QED) is 0.232. The molecule has 0 spiro atoms. The number of fused-ring (bicyclic) bond motifs is 1. The van der Waals surface area contributed by atoms with E-state index < -0.39 is 57.5 Å². The molecule has 2 aliphatic rings. The number of non-ortho nitro benzene ring substituents is 1. The largest absolute Gasteiger partial charge is 0.443 e. The highest BCUT2D eigenvalue weighted by Gasteiger charge is 2.44. The molecule has 2 aromatic carbocycles. The molecule has 2 fully saturated rings. The minimum absolute atomic E-state index is 0.0595. The van der Waals surface area contributed by atoms with Crippen LogP contribution in [0.15, 0.2) is 59.5 Å².